The average Bonchev–Trinajstić information content (AvgIpc) is 2.52. The Morgan fingerprint density at radius 2 is 1.77 bits per heavy atom. The van der Waals surface area contributed by atoms with Gasteiger partial charge in [0.2, 0.25) is 0 Å². The number of amides is 2. The molecule has 7 heteroatoms. The molecule has 2 aromatic rings. The van der Waals surface area contributed by atoms with E-state index in [4.69, 9.17) is 0 Å². The fourth-order valence-electron chi connectivity index (χ4n) is 1.93. The number of rotatable bonds is 4. The molecule has 0 saturated heterocycles. The van der Waals surface area contributed by atoms with E-state index in [0.717, 1.165) is 0 Å². The summed E-state index contributed by atoms with van der Waals surface area (Å²) < 4.78 is 0. The van der Waals surface area contributed by atoms with E-state index >= 15 is 0 Å². The van der Waals surface area contributed by atoms with E-state index in [1.54, 1.807) is 24.3 Å². The molecule has 0 aliphatic heterocycles. The summed E-state index contributed by atoms with van der Waals surface area (Å²) in [5, 5.41) is 12.5. The fraction of sp³-hybridized carbons (Fsp3) is 0.333. The number of hydrogen-bond acceptors (Lipinski definition) is 4. The standard InChI is InChI=1S/C15H18N4O3/c1-9(2)7-16-14(21)15(22)17-8-12-10-5-3-4-6-11(10)13(20)19-18-12/h3-6,9H,7-8H2,1-2H3,(H,16,21)(H,17,22)(H,19,20). The van der Waals surface area contributed by atoms with Gasteiger partial charge in [0, 0.05) is 11.9 Å². The first-order valence-corrected chi connectivity index (χ1v) is 7.01. The normalized spacial score (nSPS) is 10.7. The van der Waals surface area contributed by atoms with Crippen molar-refractivity contribution in [1.29, 1.82) is 0 Å². The Labute approximate surface area is 127 Å². The maximum Gasteiger partial charge on any atom is 0.309 e. The van der Waals surface area contributed by atoms with E-state index in [1.807, 2.05) is 13.8 Å². The van der Waals surface area contributed by atoms with Crippen LogP contribution in [0.2, 0.25) is 0 Å². The van der Waals surface area contributed by atoms with Crippen LogP contribution in [0.25, 0.3) is 10.8 Å². The number of aromatic amines is 1. The molecule has 0 saturated carbocycles. The molecule has 0 aliphatic carbocycles. The Kier molecular flexibility index (Phi) is 4.88. The van der Waals surface area contributed by atoms with Crippen molar-refractivity contribution in [2.75, 3.05) is 6.54 Å². The first-order chi connectivity index (χ1) is 10.5. The van der Waals surface area contributed by atoms with E-state index < -0.39 is 11.8 Å². The van der Waals surface area contributed by atoms with Gasteiger partial charge in [-0.25, -0.2) is 5.10 Å². The summed E-state index contributed by atoms with van der Waals surface area (Å²) in [6.45, 7) is 4.38. The third-order valence-electron chi connectivity index (χ3n) is 3.07. The van der Waals surface area contributed by atoms with Gasteiger partial charge in [0.15, 0.2) is 0 Å². The van der Waals surface area contributed by atoms with Crippen LogP contribution in [0, 0.1) is 5.92 Å². The second kappa shape index (κ2) is 6.84. The highest BCUT2D eigenvalue weighted by Gasteiger charge is 2.14. The molecule has 0 atom stereocenters. The van der Waals surface area contributed by atoms with Crippen molar-refractivity contribution < 1.29 is 9.59 Å². The number of hydrogen-bond donors (Lipinski definition) is 3. The third-order valence-corrected chi connectivity index (χ3v) is 3.07. The van der Waals surface area contributed by atoms with Gasteiger partial charge in [-0.1, -0.05) is 32.0 Å². The fourth-order valence-corrected chi connectivity index (χ4v) is 1.93. The van der Waals surface area contributed by atoms with Gasteiger partial charge in [-0.3, -0.25) is 14.4 Å². The molecule has 2 amide bonds. The van der Waals surface area contributed by atoms with Gasteiger partial charge in [0.05, 0.1) is 17.6 Å². The lowest BCUT2D eigenvalue weighted by atomic mass is 10.1. The number of aromatic nitrogens is 2. The van der Waals surface area contributed by atoms with Crippen molar-refractivity contribution in [3.63, 3.8) is 0 Å². The third kappa shape index (κ3) is 3.69. The van der Waals surface area contributed by atoms with E-state index in [0.29, 0.717) is 23.0 Å². The van der Waals surface area contributed by atoms with Crippen LogP contribution in [-0.2, 0) is 16.1 Å². The van der Waals surface area contributed by atoms with Crippen LogP contribution in [-0.4, -0.2) is 28.6 Å². The molecule has 0 unspecified atom stereocenters. The van der Waals surface area contributed by atoms with E-state index in [2.05, 4.69) is 20.8 Å². The number of carbonyl (C=O) groups excluding carboxylic acids is 2. The van der Waals surface area contributed by atoms with Crippen LogP contribution in [0.3, 0.4) is 0 Å². The average molecular weight is 302 g/mol. The second-order valence-corrected chi connectivity index (χ2v) is 5.33. The summed E-state index contributed by atoms with van der Waals surface area (Å²) in [6.07, 6.45) is 0. The van der Waals surface area contributed by atoms with Crippen molar-refractivity contribution in [3.8, 4) is 0 Å². The SMILES string of the molecule is CC(C)CNC(=O)C(=O)NCc1n[nH]c(=O)c2ccccc12. The number of fused-ring (bicyclic) bond motifs is 1. The van der Waals surface area contributed by atoms with Gasteiger partial charge in [-0.15, -0.1) is 0 Å². The molecule has 0 spiro atoms. The van der Waals surface area contributed by atoms with E-state index in [9.17, 15) is 14.4 Å². The van der Waals surface area contributed by atoms with Gasteiger partial charge in [-0.2, -0.15) is 5.10 Å². The van der Waals surface area contributed by atoms with Gasteiger partial charge in [0.25, 0.3) is 5.56 Å². The van der Waals surface area contributed by atoms with Crippen LogP contribution in [0.5, 0.6) is 0 Å². The molecule has 1 heterocycles. The maximum absolute atomic E-state index is 11.7. The zero-order valence-corrected chi connectivity index (χ0v) is 12.5. The highest BCUT2D eigenvalue weighted by Crippen LogP contribution is 2.11. The van der Waals surface area contributed by atoms with Crippen LogP contribution < -0.4 is 16.2 Å². The Morgan fingerprint density at radius 1 is 1.14 bits per heavy atom. The summed E-state index contributed by atoms with van der Waals surface area (Å²) in [6, 6.07) is 6.96. The quantitative estimate of drug-likeness (QED) is 0.707. The first kappa shape index (κ1) is 15.7. The molecular formula is C15H18N4O3. The van der Waals surface area contributed by atoms with Crippen LogP contribution in [0.4, 0.5) is 0 Å². The van der Waals surface area contributed by atoms with Crippen LogP contribution >= 0.6 is 0 Å². The Bertz CT molecular complexity index is 752. The lowest BCUT2D eigenvalue weighted by Crippen LogP contribution is -2.41. The van der Waals surface area contributed by atoms with Gasteiger partial charge in [-0.05, 0) is 12.0 Å². The zero-order chi connectivity index (χ0) is 16.1. The predicted molar refractivity (Wildman–Crippen MR) is 82.1 cm³/mol. The molecule has 22 heavy (non-hydrogen) atoms. The maximum atomic E-state index is 11.7. The summed E-state index contributed by atoms with van der Waals surface area (Å²) >= 11 is 0. The van der Waals surface area contributed by atoms with Gasteiger partial charge < -0.3 is 10.6 Å². The van der Waals surface area contributed by atoms with Crippen molar-refractivity contribution in [2.45, 2.75) is 20.4 Å². The summed E-state index contributed by atoms with van der Waals surface area (Å²) in [5.74, 6) is -1.14. The van der Waals surface area contributed by atoms with Crippen molar-refractivity contribution in [3.05, 3.63) is 40.3 Å². The monoisotopic (exact) mass is 302 g/mol. The van der Waals surface area contributed by atoms with Crippen LogP contribution in [0.1, 0.15) is 19.5 Å². The smallest absolute Gasteiger partial charge is 0.309 e. The number of nitrogens with zero attached hydrogens (tertiary/aromatic N) is 1. The van der Waals surface area contributed by atoms with Gasteiger partial charge in [0.1, 0.15) is 0 Å². The first-order valence-electron chi connectivity index (χ1n) is 7.01. The van der Waals surface area contributed by atoms with E-state index in [1.165, 1.54) is 0 Å². The topological polar surface area (TPSA) is 104 Å². The zero-order valence-electron chi connectivity index (χ0n) is 12.5. The van der Waals surface area contributed by atoms with Crippen LogP contribution in [0.15, 0.2) is 29.1 Å². The lowest BCUT2D eigenvalue weighted by Gasteiger charge is -2.09. The molecule has 3 N–H and O–H groups in total. The second-order valence-electron chi connectivity index (χ2n) is 5.33. The highest BCUT2D eigenvalue weighted by atomic mass is 16.2. The molecule has 7 nitrogen and oxygen atoms in total. The number of carbonyl (C=O) groups is 2. The Morgan fingerprint density at radius 3 is 2.45 bits per heavy atom. The van der Waals surface area contributed by atoms with Crippen molar-refractivity contribution >= 4 is 22.6 Å². The lowest BCUT2D eigenvalue weighted by molar-refractivity contribution is -0.139. The molecule has 0 fully saturated rings. The van der Waals surface area contributed by atoms with Crippen molar-refractivity contribution in [2.24, 2.45) is 5.92 Å². The minimum absolute atomic E-state index is 0.0607. The molecular weight excluding hydrogens is 284 g/mol. The Hall–Kier alpha value is -2.70. The minimum atomic E-state index is -0.724. The predicted octanol–water partition coefficient (Wildman–Crippen LogP) is 0.312. The molecule has 116 valence electrons. The summed E-state index contributed by atoms with van der Waals surface area (Å²) in [7, 11) is 0. The highest BCUT2D eigenvalue weighted by molar-refractivity contribution is 6.35. The van der Waals surface area contributed by atoms with Crippen molar-refractivity contribution in [1.82, 2.24) is 20.8 Å². The molecule has 1 aromatic heterocycles. The molecule has 0 bridgehead atoms. The van der Waals surface area contributed by atoms with E-state index in [-0.39, 0.29) is 18.0 Å². The number of benzene rings is 1. The summed E-state index contributed by atoms with van der Waals surface area (Å²) in [4.78, 5) is 35.0. The number of H-pyrrole nitrogens is 1. The summed E-state index contributed by atoms with van der Waals surface area (Å²) in [5.41, 5.74) is 0.209. The largest absolute Gasteiger partial charge is 0.348 e. The van der Waals surface area contributed by atoms with Gasteiger partial charge >= 0.3 is 11.8 Å². The molecule has 2 rings (SSSR count). The molecule has 0 radical (unpaired) electrons. The Balaban J connectivity index is 2.06. The number of nitrogens with one attached hydrogen (secondary N) is 3. The molecule has 1 aromatic carbocycles. The molecule has 0 aliphatic rings. The minimum Gasteiger partial charge on any atom is -0.348 e.